The number of carbonyl (C=O) groups is 1. The highest BCUT2D eigenvalue weighted by molar-refractivity contribution is 5.84. The van der Waals surface area contributed by atoms with E-state index in [4.69, 9.17) is 4.74 Å². The Bertz CT molecular complexity index is 1770. The fourth-order valence-electron chi connectivity index (χ4n) is 5.27. The number of benzene rings is 4. The Morgan fingerprint density at radius 2 is 1.67 bits per heavy atom. The Kier molecular flexibility index (Phi) is 7.96. The van der Waals surface area contributed by atoms with Crippen molar-refractivity contribution in [2.24, 2.45) is 0 Å². The molecule has 1 aromatic heterocycles. The van der Waals surface area contributed by atoms with E-state index in [1.807, 2.05) is 36.4 Å². The number of carbonyl (C=O) groups excluding carboxylic acids is 1. The maximum absolute atomic E-state index is 15.6. The third kappa shape index (κ3) is 6.16. The number of alkyl halides is 2. The zero-order valence-corrected chi connectivity index (χ0v) is 23.2. The van der Waals surface area contributed by atoms with Crippen LogP contribution >= 0.6 is 0 Å². The summed E-state index contributed by atoms with van der Waals surface area (Å²) in [6.07, 6.45) is -1.62. The van der Waals surface area contributed by atoms with E-state index in [9.17, 15) is 13.6 Å². The molecule has 0 radical (unpaired) electrons. The lowest BCUT2D eigenvalue weighted by Gasteiger charge is -2.39. The largest absolute Gasteiger partial charge is 0.426 e. The first-order valence-corrected chi connectivity index (χ1v) is 13.8. The van der Waals surface area contributed by atoms with E-state index in [1.54, 1.807) is 37.3 Å². The molecule has 2 N–H and O–H groups in total. The summed E-state index contributed by atoms with van der Waals surface area (Å²) in [7, 11) is 0. The smallest absolute Gasteiger partial charge is 0.300 e. The van der Waals surface area contributed by atoms with Gasteiger partial charge in [0.25, 0.3) is 12.4 Å². The molecule has 1 aliphatic heterocycles. The van der Waals surface area contributed by atoms with Crippen molar-refractivity contribution in [1.82, 2.24) is 20.2 Å². The lowest BCUT2D eigenvalue weighted by atomic mass is 9.98. The van der Waals surface area contributed by atoms with Crippen LogP contribution in [0.3, 0.4) is 0 Å². The van der Waals surface area contributed by atoms with Gasteiger partial charge in [0, 0.05) is 37.3 Å². The van der Waals surface area contributed by atoms with E-state index < -0.39 is 18.1 Å². The van der Waals surface area contributed by atoms with Gasteiger partial charge in [-0.15, -0.1) is 0 Å². The van der Waals surface area contributed by atoms with Crippen LogP contribution in [0.15, 0.2) is 72.8 Å². The summed E-state index contributed by atoms with van der Waals surface area (Å²) >= 11 is 0. The van der Waals surface area contributed by atoms with Crippen LogP contribution in [0.2, 0.25) is 0 Å². The number of aldehydes is 1. The van der Waals surface area contributed by atoms with Crippen molar-refractivity contribution in [2.75, 3.05) is 19.6 Å². The van der Waals surface area contributed by atoms with E-state index in [-0.39, 0.29) is 35.2 Å². The topological polar surface area (TPSA) is 70.2 Å². The van der Waals surface area contributed by atoms with Gasteiger partial charge in [-0.2, -0.15) is 4.98 Å². The van der Waals surface area contributed by atoms with E-state index >= 15 is 8.78 Å². The Morgan fingerprint density at radius 3 is 2.35 bits per heavy atom. The summed E-state index contributed by atoms with van der Waals surface area (Å²) < 4.78 is 61.1. The van der Waals surface area contributed by atoms with Crippen LogP contribution in [0.1, 0.15) is 21.5 Å². The van der Waals surface area contributed by atoms with Crippen LogP contribution in [0.25, 0.3) is 33.3 Å². The number of fused-ring (bicyclic) bond motifs is 1. The normalized spacial score (nSPS) is 13.9. The number of hydrogen-bond acceptors (Lipinski definition) is 5. The highest BCUT2D eigenvalue weighted by Crippen LogP contribution is 2.34. The SMILES string of the molecule is Cc1ccc(Oc2nc3c(F)c(-c4ccc(-c5ccc(CN6CC(NCC(F)F)C6)cc5)cc4)c(F)cc3[nH]2)cc1C=O. The first kappa shape index (κ1) is 28.6. The second kappa shape index (κ2) is 12.0. The number of nitrogens with one attached hydrogen (secondary N) is 2. The number of aryl methyl sites for hydroxylation is 1. The molecular formula is C33H28F4N4O2. The molecule has 6 rings (SSSR count). The first-order chi connectivity index (χ1) is 20.8. The average Bonchev–Trinajstić information content (AvgIpc) is 3.38. The fraction of sp³-hybridized carbons (Fsp3) is 0.212. The van der Waals surface area contributed by atoms with Crippen molar-refractivity contribution in [3.05, 3.63) is 101 Å². The third-order valence-corrected chi connectivity index (χ3v) is 7.62. The lowest BCUT2D eigenvalue weighted by Crippen LogP contribution is -2.58. The Balaban J connectivity index is 1.15. The number of nitrogens with zero attached hydrogens (tertiary/aromatic N) is 2. The minimum atomic E-state index is -2.34. The summed E-state index contributed by atoms with van der Waals surface area (Å²) in [5.74, 6) is -1.22. The summed E-state index contributed by atoms with van der Waals surface area (Å²) in [6.45, 7) is 3.72. The quantitative estimate of drug-likeness (QED) is 0.134. The van der Waals surface area contributed by atoms with Gasteiger partial charge in [-0.05, 0) is 46.9 Å². The fourth-order valence-corrected chi connectivity index (χ4v) is 5.27. The van der Waals surface area contributed by atoms with Crippen molar-refractivity contribution in [2.45, 2.75) is 25.9 Å². The van der Waals surface area contributed by atoms with E-state index in [0.29, 0.717) is 23.2 Å². The molecule has 6 nitrogen and oxygen atoms in total. The molecule has 220 valence electrons. The number of hydrogen-bond donors (Lipinski definition) is 2. The van der Waals surface area contributed by atoms with E-state index in [0.717, 1.165) is 41.9 Å². The molecule has 1 fully saturated rings. The Hall–Kier alpha value is -4.54. The van der Waals surface area contributed by atoms with E-state index in [1.165, 1.54) is 6.07 Å². The summed E-state index contributed by atoms with van der Waals surface area (Å²) in [4.78, 5) is 20.4. The van der Waals surface area contributed by atoms with Gasteiger partial charge in [-0.1, -0.05) is 54.6 Å². The van der Waals surface area contributed by atoms with Gasteiger partial charge in [-0.3, -0.25) is 9.69 Å². The number of H-pyrrole nitrogens is 1. The van der Waals surface area contributed by atoms with Gasteiger partial charge < -0.3 is 15.0 Å². The highest BCUT2D eigenvalue weighted by Gasteiger charge is 2.26. The molecule has 0 atom stereocenters. The zero-order valence-electron chi connectivity index (χ0n) is 23.2. The summed E-state index contributed by atoms with van der Waals surface area (Å²) in [6, 6.07) is 21.2. The molecule has 43 heavy (non-hydrogen) atoms. The molecule has 0 unspecified atom stereocenters. The third-order valence-electron chi connectivity index (χ3n) is 7.62. The Morgan fingerprint density at radius 1 is 1.00 bits per heavy atom. The molecule has 0 amide bonds. The van der Waals surface area contributed by atoms with Gasteiger partial charge in [0.15, 0.2) is 5.82 Å². The second-order valence-corrected chi connectivity index (χ2v) is 10.7. The van der Waals surface area contributed by atoms with Gasteiger partial charge in [-0.25, -0.2) is 17.6 Å². The molecule has 10 heteroatoms. The molecule has 2 heterocycles. The number of likely N-dealkylation sites (tertiary alicyclic amines) is 1. The van der Waals surface area contributed by atoms with Gasteiger partial charge >= 0.3 is 0 Å². The summed E-state index contributed by atoms with van der Waals surface area (Å²) in [5.41, 5.74) is 4.45. The van der Waals surface area contributed by atoms with Gasteiger partial charge in [0.1, 0.15) is 23.4 Å². The number of halogens is 4. The van der Waals surface area contributed by atoms with Crippen molar-refractivity contribution < 1.29 is 27.1 Å². The van der Waals surface area contributed by atoms with Crippen LogP contribution in [0, 0.1) is 18.6 Å². The first-order valence-electron chi connectivity index (χ1n) is 13.8. The predicted octanol–water partition coefficient (Wildman–Crippen LogP) is 7.13. The molecule has 1 aliphatic rings. The minimum Gasteiger partial charge on any atom is -0.426 e. The number of imidazole rings is 1. The molecular weight excluding hydrogens is 560 g/mol. The standard InChI is InChI=1S/C33H28F4N4O2/c1-19-2-11-26(12-24(19)18-42)43-33-39-28-13-27(34)30(31(37)32(28)40-33)23-9-7-22(8-10-23)21-5-3-20(4-6-21)15-41-16-25(17-41)38-14-29(35)36/h2-13,18,25,29,38H,14-17H2,1H3,(H,39,40). The second-order valence-electron chi connectivity index (χ2n) is 10.7. The zero-order chi connectivity index (χ0) is 30.1. The predicted molar refractivity (Wildman–Crippen MR) is 157 cm³/mol. The van der Waals surface area contributed by atoms with Gasteiger partial charge in [0.05, 0.1) is 17.6 Å². The lowest BCUT2D eigenvalue weighted by molar-refractivity contribution is 0.0894. The maximum atomic E-state index is 15.6. The number of rotatable bonds is 10. The molecule has 1 saturated heterocycles. The monoisotopic (exact) mass is 588 g/mol. The van der Waals surface area contributed by atoms with Crippen molar-refractivity contribution in [3.8, 4) is 34.0 Å². The van der Waals surface area contributed by atoms with Crippen LogP contribution in [0.4, 0.5) is 17.6 Å². The maximum Gasteiger partial charge on any atom is 0.300 e. The van der Waals surface area contributed by atoms with Crippen molar-refractivity contribution >= 4 is 17.3 Å². The Labute approximate surface area is 245 Å². The molecule has 0 bridgehead atoms. The molecule has 5 aromatic rings. The summed E-state index contributed by atoms with van der Waals surface area (Å²) in [5, 5.41) is 2.85. The molecule has 0 spiro atoms. The van der Waals surface area contributed by atoms with Crippen LogP contribution < -0.4 is 10.1 Å². The van der Waals surface area contributed by atoms with Crippen LogP contribution in [-0.4, -0.2) is 53.3 Å². The van der Waals surface area contributed by atoms with Crippen LogP contribution in [-0.2, 0) is 6.54 Å². The highest BCUT2D eigenvalue weighted by atomic mass is 19.3. The van der Waals surface area contributed by atoms with Crippen LogP contribution in [0.5, 0.6) is 11.8 Å². The average molecular weight is 589 g/mol. The van der Waals surface area contributed by atoms with Crippen molar-refractivity contribution in [1.29, 1.82) is 0 Å². The van der Waals surface area contributed by atoms with Gasteiger partial charge in [0.2, 0.25) is 0 Å². The van der Waals surface area contributed by atoms with E-state index in [2.05, 4.69) is 20.2 Å². The molecule has 4 aromatic carbocycles. The number of ether oxygens (including phenoxy) is 1. The molecule has 0 aliphatic carbocycles. The number of aromatic nitrogens is 2. The van der Waals surface area contributed by atoms with Crippen molar-refractivity contribution in [3.63, 3.8) is 0 Å². The number of aromatic amines is 1. The minimum absolute atomic E-state index is 0.0257. The molecule has 0 saturated carbocycles.